The maximum absolute atomic E-state index is 13.6. The van der Waals surface area contributed by atoms with Crippen molar-refractivity contribution in [3.05, 3.63) is 35.1 Å². The largest absolute Gasteiger partial charge is 0.351 e. The molecule has 1 aromatic rings. The standard InChI is InChI=1S/C13H15FN2OS/c1-18-8-7-16-13(17)11-5-4-10(3-2-6-15)12(14)9-11/h4-5,9H,6-8,15H2,1H3,(H,16,17). The Hall–Kier alpha value is -1.51. The lowest BCUT2D eigenvalue weighted by Crippen LogP contribution is -2.25. The number of amides is 1. The fourth-order valence-electron chi connectivity index (χ4n) is 1.27. The summed E-state index contributed by atoms with van der Waals surface area (Å²) in [7, 11) is 0. The molecule has 0 spiro atoms. The predicted molar refractivity (Wildman–Crippen MR) is 73.0 cm³/mol. The van der Waals surface area contributed by atoms with Crippen LogP contribution in [-0.4, -0.2) is 31.0 Å². The van der Waals surface area contributed by atoms with E-state index in [9.17, 15) is 9.18 Å². The molecule has 96 valence electrons. The maximum Gasteiger partial charge on any atom is 0.251 e. The van der Waals surface area contributed by atoms with Gasteiger partial charge in [-0.05, 0) is 24.5 Å². The van der Waals surface area contributed by atoms with Crippen molar-refractivity contribution in [2.75, 3.05) is 25.1 Å². The summed E-state index contributed by atoms with van der Waals surface area (Å²) >= 11 is 1.63. The average Bonchev–Trinajstić information content (AvgIpc) is 2.37. The lowest BCUT2D eigenvalue weighted by Gasteiger charge is -2.04. The van der Waals surface area contributed by atoms with E-state index in [0.717, 1.165) is 5.75 Å². The van der Waals surface area contributed by atoms with E-state index in [1.807, 2.05) is 6.26 Å². The van der Waals surface area contributed by atoms with E-state index in [0.29, 0.717) is 12.1 Å². The van der Waals surface area contributed by atoms with Gasteiger partial charge in [-0.3, -0.25) is 4.79 Å². The Morgan fingerprint density at radius 1 is 1.56 bits per heavy atom. The number of nitrogens with two attached hydrogens (primary N) is 1. The molecule has 1 amide bonds. The van der Waals surface area contributed by atoms with Crippen molar-refractivity contribution in [3.63, 3.8) is 0 Å². The highest BCUT2D eigenvalue weighted by Gasteiger charge is 2.08. The Kier molecular flexibility index (Phi) is 6.26. The van der Waals surface area contributed by atoms with Crippen LogP contribution in [0.3, 0.4) is 0 Å². The minimum atomic E-state index is -0.506. The zero-order valence-electron chi connectivity index (χ0n) is 10.1. The van der Waals surface area contributed by atoms with Gasteiger partial charge in [0.25, 0.3) is 5.91 Å². The fourth-order valence-corrected chi connectivity index (χ4v) is 1.58. The monoisotopic (exact) mass is 266 g/mol. The topological polar surface area (TPSA) is 55.1 Å². The molecule has 0 aliphatic carbocycles. The third-order valence-electron chi connectivity index (χ3n) is 2.15. The van der Waals surface area contributed by atoms with Crippen LogP contribution in [0.1, 0.15) is 15.9 Å². The molecular formula is C13H15FN2OS. The molecule has 5 heteroatoms. The molecule has 1 aromatic carbocycles. The first-order chi connectivity index (χ1) is 8.69. The summed E-state index contributed by atoms with van der Waals surface area (Å²) in [4.78, 5) is 11.7. The second kappa shape index (κ2) is 7.75. The van der Waals surface area contributed by atoms with Crippen LogP contribution in [0.2, 0.25) is 0 Å². The van der Waals surface area contributed by atoms with E-state index in [1.165, 1.54) is 12.1 Å². The summed E-state index contributed by atoms with van der Waals surface area (Å²) in [6.45, 7) is 0.743. The Labute approximate surface area is 110 Å². The highest BCUT2D eigenvalue weighted by molar-refractivity contribution is 7.98. The van der Waals surface area contributed by atoms with Gasteiger partial charge in [0.2, 0.25) is 0 Å². The Balaban J connectivity index is 2.74. The Bertz CT molecular complexity index is 480. The van der Waals surface area contributed by atoms with Crippen LogP contribution >= 0.6 is 11.8 Å². The van der Waals surface area contributed by atoms with Crippen LogP contribution in [0.4, 0.5) is 4.39 Å². The lowest BCUT2D eigenvalue weighted by atomic mass is 10.1. The van der Waals surface area contributed by atoms with Gasteiger partial charge in [-0.2, -0.15) is 11.8 Å². The molecule has 0 unspecified atom stereocenters. The summed E-state index contributed by atoms with van der Waals surface area (Å²) in [6.07, 6.45) is 1.96. The zero-order valence-corrected chi connectivity index (χ0v) is 10.9. The van der Waals surface area contributed by atoms with Gasteiger partial charge in [-0.25, -0.2) is 4.39 Å². The van der Waals surface area contributed by atoms with Gasteiger partial charge >= 0.3 is 0 Å². The summed E-state index contributed by atoms with van der Waals surface area (Å²) in [5.41, 5.74) is 5.76. The third kappa shape index (κ3) is 4.40. The van der Waals surface area contributed by atoms with E-state index in [-0.39, 0.29) is 18.0 Å². The van der Waals surface area contributed by atoms with Gasteiger partial charge < -0.3 is 11.1 Å². The molecular weight excluding hydrogens is 251 g/mol. The Morgan fingerprint density at radius 2 is 2.33 bits per heavy atom. The molecule has 0 saturated heterocycles. The van der Waals surface area contributed by atoms with Crippen LogP contribution in [0.5, 0.6) is 0 Å². The van der Waals surface area contributed by atoms with Crippen molar-refractivity contribution >= 4 is 17.7 Å². The molecule has 0 saturated carbocycles. The van der Waals surface area contributed by atoms with Crippen molar-refractivity contribution in [1.82, 2.24) is 5.32 Å². The Morgan fingerprint density at radius 3 is 2.94 bits per heavy atom. The lowest BCUT2D eigenvalue weighted by molar-refractivity contribution is 0.0955. The van der Waals surface area contributed by atoms with Gasteiger partial charge in [-0.1, -0.05) is 11.8 Å². The number of benzene rings is 1. The first kappa shape index (κ1) is 14.6. The van der Waals surface area contributed by atoms with E-state index in [2.05, 4.69) is 17.2 Å². The summed E-state index contributed by atoms with van der Waals surface area (Å²) in [6, 6.07) is 4.23. The number of rotatable bonds is 4. The molecule has 18 heavy (non-hydrogen) atoms. The maximum atomic E-state index is 13.6. The molecule has 0 heterocycles. The molecule has 0 atom stereocenters. The average molecular weight is 266 g/mol. The van der Waals surface area contributed by atoms with E-state index >= 15 is 0 Å². The number of hydrogen-bond acceptors (Lipinski definition) is 3. The first-order valence-electron chi connectivity index (χ1n) is 5.44. The molecule has 3 nitrogen and oxygen atoms in total. The number of thioether (sulfide) groups is 1. The van der Waals surface area contributed by atoms with Crippen molar-refractivity contribution < 1.29 is 9.18 Å². The third-order valence-corrected chi connectivity index (χ3v) is 2.76. The van der Waals surface area contributed by atoms with Crippen molar-refractivity contribution in [3.8, 4) is 11.8 Å². The predicted octanol–water partition coefficient (Wildman–Crippen LogP) is 1.23. The van der Waals surface area contributed by atoms with Crippen molar-refractivity contribution in [2.45, 2.75) is 0 Å². The normalized spacial score (nSPS) is 9.50. The van der Waals surface area contributed by atoms with E-state index < -0.39 is 5.82 Å². The van der Waals surface area contributed by atoms with Gasteiger partial charge in [0, 0.05) is 17.9 Å². The highest BCUT2D eigenvalue weighted by atomic mass is 32.2. The fraction of sp³-hybridized carbons (Fsp3) is 0.308. The van der Waals surface area contributed by atoms with Crippen LogP contribution in [0.15, 0.2) is 18.2 Å². The summed E-state index contributed by atoms with van der Waals surface area (Å²) < 4.78 is 13.6. The molecule has 1 rings (SSSR count). The van der Waals surface area contributed by atoms with Gasteiger partial charge in [0.05, 0.1) is 12.1 Å². The molecule has 0 bridgehead atoms. The van der Waals surface area contributed by atoms with Gasteiger partial charge in [-0.15, -0.1) is 0 Å². The molecule has 0 radical (unpaired) electrons. The van der Waals surface area contributed by atoms with Crippen LogP contribution in [0.25, 0.3) is 0 Å². The summed E-state index contributed by atoms with van der Waals surface area (Å²) in [5, 5.41) is 2.71. The quantitative estimate of drug-likeness (QED) is 0.636. The molecule has 0 aliphatic heterocycles. The number of carbonyl (C=O) groups is 1. The van der Waals surface area contributed by atoms with Crippen LogP contribution < -0.4 is 11.1 Å². The van der Waals surface area contributed by atoms with Gasteiger partial charge in [0.1, 0.15) is 5.82 Å². The molecule has 0 aromatic heterocycles. The number of nitrogens with one attached hydrogen (secondary N) is 1. The number of hydrogen-bond donors (Lipinski definition) is 2. The van der Waals surface area contributed by atoms with E-state index in [4.69, 9.17) is 5.73 Å². The molecule has 3 N–H and O–H groups in total. The highest BCUT2D eigenvalue weighted by Crippen LogP contribution is 2.09. The number of carbonyl (C=O) groups excluding carboxylic acids is 1. The molecule has 0 fully saturated rings. The zero-order chi connectivity index (χ0) is 13.4. The minimum Gasteiger partial charge on any atom is -0.351 e. The first-order valence-corrected chi connectivity index (χ1v) is 6.84. The van der Waals surface area contributed by atoms with Gasteiger partial charge in [0.15, 0.2) is 0 Å². The van der Waals surface area contributed by atoms with Crippen molar-refractivity contribution in [2.24, 2.45) is 5.73 Å². The second-order valence-corrected chi connectivity index (χ2v) is 4.43. The number of halogens is 1. The SMILES string of the molecule is CSCCNC(=O)c1ccc(C#CCN)c(F)c1. The smallest absolute Gasteiger partial charge is 0.251 e. The molecule has 0 aliphatic rings. The second-order valence-electron chi connectivity index (χ2n) is 3.45. The van der Waals surface area contributed by atoms with Crippen molar-refractivity contribution in [1.29, 1.82) is 0 Å². The van der Waals surface area contributed by atoms with E-state index in [1.54, 1.807) is 17.8 Å². The minimum absolute atomic E-state index is 0.177. The summed E-state index contributed by atoms with van der Waals surface area (Å²) in [5.74, 6) is 5.22. The van der Waals surface area contributed by atoms with Crippen LogP contribution in [0, 0.1) is 17.7 Å². The van der Waals surface area contributed by atoms with Crippen LogP contribution in [-0.2, 0) is 0 Å².